The van der Waals surface area contributed by atoms with Crippen molar-refractivity contribution in [2.45, 2.75) is 20.8 Å². The van der Waals surface area contributed by atoms with E-state index in [0.29, 0.717) is 17.0 Å². The molecule has 3 N–H and O–H groups in total. The number of amides is 1. The zero-order valence-electron chi connectivity index (χ0n) is 14.2. The van der Waals surface area contributed by atoms with Gasteiger partial charge in [-0.05, 0) is 39.0 Å². The first-order valence-electron chi connectivity index (χ1n) is 7.63. The summed E-state index contributed by atoms with van der Waals surface area (Å²) in [5.74, 6) is -3.29. The van der Waals surface area contributed by atoms with Gasteiger partial charge in [-0.25, -0.2) is 13.8 Å². The van der Waals surface area contributed by atoms with Crippen LogP contribution < -0.4 is 11.3 Å². The van der Waals surface area contributed by atoms with Crippen LogP contribution in [0.25, 0.3) is 17.2 Å². The second-order valence-corrected chi connectivity index (χ2v) is 5.83. The summed E-state index contributed by atoms with van der Waals surface area (Å²) < 4.78 is 29.5. The molecule has 2 aromatic heterocycles. The van der Waals surface area contributed by atoms with E-state index in [1.807, 2.05) is 0 Å². The number of H-pyrrole nitrogens is 1. The molecule has 3 rings (SSSR count). The van der Waals surface area contributed by atoms with E-state index in [1.54, 1.807) is 20.8 Å². The van der Waals surface area contributed by atoms with Crippen LogP contribution in [0.5, 0.6) is 0 Å². The Hall–Kier alpha value is -3.36. The summed E-state index contributed by atoms with van der Waals surface area (Å²) in [6.07, 6.45) is 0. The molecule has 1 aromatic carbocycles. The zero-order chi connectivity index (χ0) is 19.2. The zero-order valence-corrected chi connectivity index (χ0v) is 14.2. The van der Waals surface area contributed by atoms with Gasteiger partial charge >= 0.3 is 0 Å². The molecule has 0 aliphatic carbocycles. The number of benzene rings is 1. The summed E-state index contributed by atoms with van der Waals surface area (Å²) >= 11 is 0. The summed E-state index contributed by atoms with van der Waals surface area (Å²) in [6.45, 7) is 4.87. The Labute approximate surface area is 146 Å². The quantitative estimate of drug-likeness (QED) is 0.745. The maximum atomic E-state index is 14.5. The van der Waals surface area contributed by atoms with E-state index in [1.165, 1.54) is 6.07 Å². The second-order valence-electron chi connectivity index (χ2n) is 5.83. The fourth-order valence-electron chi connectivity index (χ4n) is 2.58. The van der Waals surface area contributed by atoms with Crippen LogP contribution in [0.2, 0.25) is 0 Å². The Morgan fingerprint density at radius 3 is 2.54 bits per heavy atom. The standard InChI is InChI=1S/C17H15F2N5O2/c1-7-6-12(13-10(15(20)25)4-5-11(18)14(13)19)24(23-7)17-21-9(3)8(2)16(26)22-17/h4-6H,1-3H3,(H2,20,25)(H,21,22,26). The number of rotatable bonds is 3. The molecule has 0 bridgehead atoms. The maximum absolute atomic E-state index is 14.5. The Kier molecular flexibility index (Phi) is 4.15. The second kappa shape index (κ2) is 6.17. The van der Waals surface area contributed by atoms with Crippen LogP contribution >= 0.6 is 0 Å². The molecule has 2 heterocycles. The van der Waals surface area contributed by atoms with E-state index in [2.05, 4.69) is 15.1 Å². The van der Waals surface area contributed by atoms with Gasteiger partial charge in [0.1, 0.15) is 0 Å². The molecule has 0 spiro atoms. The summed E-state index contributed by atoms with van der Waals surface area (Å²) in [5, 5.41) is 4.18. The van der Waals surface area contributed by atoms with Crippen molar-refractivity contribution in [1.82, 2.24) is 19.7 Å². The third-order valence-corrected chi connectivity index (χ3v) is 4.03. The first-order valence-corrected chi connectivity index (χ1v) is 7.63. The van der Waals surface area contributed by atoms with Crippen LogP contribution in [0.3, 0.4) is 0 Å². The number of aromatic nitrogens is 4. The number of primary amides is 1. The lowest BCUT2D eigenvalue weighted by Crippen LogP contribution is -2.19. The Bertz CT molecular complexity index is 1100. The topological polar surface area (TPSA) is 107 Å². The van der Waals surface area contributed by atoms with Crippen LogP contribution in [0, 0.1) is 32.4 Å². The Morgan fingerprint density at radius 2 is 1.92 bits per heavy atom. The van der Waals surface area contributed by atoms with E-state index in [4.69, 9.17) is 5.73 Å². The number of carbonyl (C=O) groups is 1. The fourth-order valence-corrected chi connectivity index (χ4v) is 2.58. The van der Waals surface area contributed by atoms with Crippen LogP contribution in [0.15, 0.2) is 23.0 Å². The van der Waals surface area contributed by atoms with Crippen molar-refractivity contribution in [3.05, 3.63) is 62.7 Å². The Balaban J connectivity index is 2.36. The average molecular weight is 359 g/mol. The van der Waals surface area contributed by atoms with Crippen molar-refractivity contribution in [2.75, 3.05) is 0 Å². The monoisotopic (exact) mass is 359 g/mol. The number of nitrogens with one attached hydrogen (secondary N) is 1. The lowest BCUT2D eigenvalue weighted by atomic mass is 10.0. The number of nitrogens with two attached hydrogens (primary N) is 1. The van der Waals surface area contributed by atoms with Crippen molar-refractivity contribution < 1.29 is 13.6 Å². The van der Waals surface area contributed by atoms with Gasteiger partial charge in [-0.3, -0.25) is 14.6 Å². The highest BCUT2D eigenvalue weighted by atomic mass is 19.2. The minimum Gasteiger partial charge on any atom is -0.366 e. The highest BCUT2D eigenvalue weighted by molar-refractivity contribution is 5.99. The van der Waals surface area contributed by atoms with Crippen molar-refractivity contribution >= 4 is 5.91 Å². The third kappa shape index (κ3) is 2.77. The van der Waals surface area contributed by atoms with Crippen LogP contribution in [-0.2, 0) is 0 Å². The lowest BCUT2D eigenvalue weighted by molar-refractivity contribution is 0.100. The molecule has 7 nitrogen and oxygen atoms in total. The minimum absolute atomic E-state index is 0.0141. The number of carbonyl (C=O) groups excluding carboxylic acids is 1. The van der Waals surface area contributed by atoms with Crippen molar-refractivity contribution in [1.29, 1.82) is 0 Å². The highest BCUT2D eigenvalue weighted by Crippen LogP contribution is 2.30. The minimum atomic E-state index is -1.24. The number of hydrogen-bond acceptors (Lipinski definition) is 4. The molecule has 0 saturated heterocycles. The van der Waals surface area contributed by atoms with E-state index in [0.717, 1.165) is 16.8 Å². The molecular formula is C17H15F2N5O2. The SMILES string of the molecule is Cc1cc(-c2c(C(N)=O)ccc(F)c2F)n(-c2nc(C)c(C)c(=O)[nH]2)n1. The molecule has 134 valence electrons. The van der Waals surface area contributed by atoms with Crippen LogP contribution in [-0.4, -0.2) is 25.7 Å². The highest BCUT2D eigenvalue weighted by Gasteiger charge is 2.23. The molecule has 0 fully saturated rings. The smallest absolute Gasteiger partial charge is 0.255 e. The molecule has 26 heavy (non-hydrogen) atoms. The largest absolute Gasteiger partial charge is 0.366 e. The molecule has 1 amide bonds. The van der Waals surface area contributed by atoms with Gasteiger partial charge in [-0.2, -0.15) is 9.78 Å². The van der Waals surface area contributed by atoms with Crippen molar-refractivity contribution in [2.24, 2.45) is 5.73 Å². The average Bonchev–Trinajstić information content (AvgIpc) is 2.95. The molecular weight excluding hydrogens is 344 g/mol. The van der Waals surface area contributed by atoms with E-state index in [9.17, 15) is 18.4 Å². The maximum Gasteiger partial charge on any atom is 0.255 e. The molecule has 9 heteroatoms. The van der Waals surface area contributed by atoms with Gasteiger partial charge in [0.05, 0.1) is 22.5 Å². The first kappa shape index (κ1) is 17.5. The first-order chi connectivity index (χ1) is 12.2. The molecule has 0 atom stereocenters. The van der Waals surface area contributed by atoms with E-state index in [-0.39, 0.29) is 28.3 Å². The van der Waals surface area contributed by atoms with Gasteiger partial charge in [-0.15, -0.1) is 0 Å². The predicted octanol–water partition coefficient (Wildman–Crippen LogP) is 1.92. The number of nitrogens with zero attached hydrogens (tertiary/aromatic N) is 3. The number of hydrogen-bond donors (Lipinski definition) is 2. The van der Waals surface area contributed by atoms with Gasteiger partial charge < -0.3 is 5.73 Å². The number of halogens is 2. The van der Waals surface area contributed by atoms with Crippen LogP contribution in [0.4, 0.5) is 8.78 Å². The van der Waals surface area contributed by atoms with Crippen LogP contribution in [0.1, 0.15) is 27.3 Å². The van der Waals surface area contributed by atoms with Gasteiger partial charge in [0.2, 0.25) is 11.9 Å². The van der Waals surface area contributed by atoms with E-state index >= 15 is 0 Å². The van der Waals surface area contributed by atoms with Crippen molar-refractivity contribution in [3.8, 4) is 17.2 Å². The molecule has 0 aliphatic rings. The molecule has 3 aromatic rings. The third-order valence-electron chi connectivity index (χ3n) is 4.03. The lowest BCUT2D eigenvalue weighted by Gasteiger charge is -2.12. The van der Waals surface area contributed by atoms with Gasteiger partial charge in [0.25, 0.3) is 5.56 Å². The summed E-state index contributed by atoms with van der Waals surface area (Å²) in [7, 11) is 0. The fraction of sp³-hybridized carbons (Fsp3) is 0.176. The molecule has 0 aliphatic heterocycles. The van der Waals surface area contributed by atoms with E-state index < -0.39 is 17.5 Å². The Morgan fingerprint density at radius 1 is 1.23 bits per heavy atom. The van der Waals surface area contributed by atoms with Gasteiger partial charge in [-0.1, -0.05) is 0 Å². The normalized spacial score (nSPS) is 11.0. The van der Waals surface area contributed by atoms with Crippen molar-refractivity contribution in [3.63, 3.8) is 0 Å². The molecule has 0 unspecified atom stereocenters. The number of aryl methyl sites for hydroxylation is 2. The summed E-state index contributed by atoms with van der Waals surface area (Å²) in [4.78, 5) is 30.5. The van der Waals surface area contributed by atoms with Gasteiger partial charge in [0.15, 0.2) is 11.6 Å². The molecule has 0 saturated carbocycles. The summed E-state index contributed by atoms with van der Waals surface area (Å²) in [5.41, 5.74) is 5.72. The molecule has 0 radical (unpaired) electrons. The predicted molar refractivity (Wildman–Crippen MR) is 90.1 cm³/mol. The number of aromatic amines is 1. The van der Waals surface area contributed by atoms with Gasteiger partial charge in [0, 0.05) is 11.3 Å². The summed E-state index contributed by atoms with van der Waals surface area (Å²) in [6, 6.07) is 3.36.